The smallest absolute Gasteiger partial charge is 0.264 e. The molecule has 0 radical (unpaired) electrons. The van der Waals surface area contributed by atoms with Crippen molar-refractivity contribution >= 4 is 11.7 Å². The first-order chi connectivity index (χ1) is 12.6. The Morgan fingerprint density at radius 2 is 1.69 bits per heavy atom. The first-order valence-corrected chi connectivity index (χ1v) is 8.22. The number of benzene rings is 2. The first-order valence-electron chi connectivity index (χ1n) is 8.22. The number of amides is 1. The van der Waals surface area contributed by atoms with Gasteiger partial charge < -0.3 is 14.8 Å². The van der Waals surface area contributed by atoms with Gasteiger partial charge in [0.25, 0.3) is 5.91 Å². The first kappa shape index (κ1) is 17.5. The molecule has 0 fully saturated rings. The zero-order chi connectivity index (χ0) is 18.5. The van der Waals surface area contributed by atoms with Crippen molar-refractivity contribution in [2.24, 2.45) is 0 Å². The van der Waals surface area contributed by atoms with Crippen molar-refractivity contribution in [1.29, 1.82) is 0 Å². The molecule has 26 heavy (non-hydrogen) atoms. The molecular formula is C20H21N3O3. The van der Waals surface area contributed by atoms with Crippen LogP contribution < -0.4 is 14.8 Å². The van der Waals surface area contributed by atoms with E-state index in [4.69, 9.17) is 9.47 Å². The van der Waals surface area contributed by atoms with Gasteiger partial charge in [-0.3, -0.25) is 9.48 Å². The second kappa shape index (κ2) is 7.74. The summed E-state index contributed by atoms with van der Waals surface area (Å²) in [5.74, 6) is 1.02. The molecule has 6 nitrogen and oxygen atoms in total. The van der Waals surface area contributed by atoms with Gasteiger partial charge in [-0.2, -0.15) is 5.10 Å². The average Bonchev–Trinajstić information content (AvgIpc) is 3.09. The van der Waals surface area contributed by atoms with Gasteiger partial charge in [0.05, 0.1) is 20.8 Å². The van der Waals surface area contributed by atoms with Crippen molar-refractivity contribution in [3.8, 4) is 11.5 Å². The Balaban J connectivity index is 1.75. The van der Waals surface area contributed by atoms with Crippen molar-refractivity contribution in [3.05, 3.63) is 71.4 Å². The number of hydrogen-bond donors (Lipinski definition) is 1. The Kier molecular flexibility index (Phi) is 5.22. The molecule has 3 rings (SSSR count). The van der Waals surface area contributed by atoms with Crippen LogP contribution in [0, 0.1) is 6.92 Å². The highest BCUT2D eigenvalue weighted by atomic mass is 16.5. The molecule has 1 heterocycles. The van der Waals surface area contributed by atoms with Crippen LogP contribution in [-0.2, 0) is 6.54 Å². The fourth-order valence-electron chi connectivity index (χ4n) is 2.65. The summed E-state index contributed by atoms with van der Waals surface area (Å²) in [5, 5.41) is 7.20. The summed E-state index contributed by atoms with van der Waals surface area (Å²) in [4.78, 5) is 12.7. The van der Waals surface area contributed by atoms with Gasteiger partial charge in [-0.15, -0.1) is 0 Å². The fourth-order valence-corrected chi connectivity index (χ4v) is 2.65. The topological polar surface area (TPSA) is 65.4 Å². The van der Waals surface area contributed by atoms with Crippen LogP contribution in [0.5, 0.6) is 11.5 Å². The summed E-state index contributed by atoms with van der Waals surface area (Å²) >= 11 is 0. The summed E-state index contributed by atoms with van der Waals surface area (Å²) in [6.45, 7) is 2.69. The van der Waals surface area contributed by atoms with E-state index >= 15 is 0 Å². The highest BCUT2D eigenvalue weighted by Gasteiger charge is 2.19. The quantitative estimate of drug-likeness (QED) is 0.738. The summed E-state index contributed by atoms with van der Waals surface area (Å²) in [5.41, 5.74) is 2.70. The molecule has 1 aromatic heterocycles. The van der Waals surface area contributed by atoms with Crippen LogP contribution in [0.15, 0.2) is 54.7 Å². The van der Waals surface area contributed by atoms with Gasteiger partial charge in [0.1, 0.15) is 17.1 Å². The van der Waals surface area contributed by atoms with Crippen LogP contribution in [0.4, 0.5) is 5.82 Å². The SMILES string of the molecule is COc1cccc(OC)c1C(=O)Nc1ccn(Cc2ccc(C)cc2)n1. The van der Waals surface area contributed by atoms with E-state index in [1.165, 1.54) is 19.8 Å². The van der Waals surface area contributed by atoms with E-state index in [-0.39, 0.29) is 5.91 Å². The Labute approximate surface area is 152 Å². The third-order valence-electron chi connectivity index (χ3n) is 4.00. The van der Waals surface area contributed by atoms with Crippen LogP contribution in [-0.4, -0.2) is 29.9 Å². The fraction of sp³-hybridized carbons (Fsp3) is 0.200. The Hall–Kier alpha value is -3.28. The number of aromatic nitrogens is 2. The number of rotatable bonds is 6. The molecule has 0 saturated heterocycles. The molecule has 0 saturated carbocycles. The minimum Gasteiger partial charge on any atom is -0.496 e. The number of methoxy groups -OCH3 is 2. The molecule has 0 atom stereocenters. The molecule has 0 aliphatic carbocycles. The second-order valence-corrected chi connectivity index (χ2v) is 5.88. The van der Waals surface area contributed by atoms with E-state index < -0.39 is 0 Å². The van der Waals surface area contributed by atoms with Crippen LogP contribution >= 0.6 is 0 Å². The largest absolute Gasteiger partial charge is 0.496 e. The van der Waals surface area contributed by atoms with Gasteiger partial charge in [-0.25, -0.2) is 0 Å². The van der Waals surface area contributed by atoms with Crippen LogP contribution in [0.3, 0.4) is 0 Å². The standard InChI is InChI=1S/C20H21N3O3/c1-14-7-9-15(10-8-14)13-23-12-11-18(22-23)21-20(24)19-16(25-2)5-4-6-17(19)26-3/h4-12H,13H2,1-3H3,(H,21,22,24). The van der Waals surface area contributed by atoms with Gasteiger partial charge in [-0.1, -0.05) is 35.9 Å². The maximum Gasteiger partial charge on any atom is 0.264 e. The molecular weight excluding hydrogens is 330 g/mol. The molecule has 1 amide bonds. The highest BCUT2D eigenvalue weighted by molar-refractivity contribution is 6.07. The number of carbonyl (C=O) groups is 1. The number of aryl methyl sites for hydroxylation is 1. The lowest BCUT2D eigenvalue weighted by atomic mass is 10.1. The molecule has 0 aliphatic rings. The zero-order valence-electron chi connectivity index (χ0n) is 15.0. The normalized spacial score (nSPS) is 10.4. The average molecular weight is 351 g/mol. The van der Waals surface area contributed by atoms with Gasteiger partial charge >= 0.3 is 0 Å². The number of nitrogens with one attached hydrogen (secondary N) is 1. The molecule has 6 heteroatoms. The lowest BCUT2D eigenvalue weighted by molar-refractivity contribution is 0.102. The third kappa shape index (κ3) is 3.85. The van der Waals surface area contributed by atoms with Crippen LogP contribution in [0.25, 0.3) is 0 Å². The van der Waals surface area contributed by atoms with E-state index in [9.17, 15) is 4.79 Å². The molecule has 3 aromatic rings. The van der Waals surface area contributed by atoms with Gasteiger partial charge in [0, 0.05) is 12.3 Å². The second-order valence-electron chi connectivity index (χ2n) is 5.88. The minimum atomic E-state index is -0.333. The maximum atomic E-state index is 12.7. The highest BCUT2D eigenvalue weighted by Crippen LogP contribution is 2.28. The summed E-state index contributed by atoms with van der Waals surface area (Å²) in [7, 11) is 3.03. The van der Waals surface area contributed by atoms with Crippen molar-refractivity contribution < 1.29 is 14.3 Å². The van der Waals surface area contributed by atoms with Gasteiger partial charge in [0.15, 0.2) is 5.82 Å². The molecule has 2 aromatic carbocycles. The van der Waals surface area contributed by atoms with E-state index in [2.05, 4.69) is 41.6 Å². The van der Waals surface area contributed by atoms with E-state index in [0.29, 0.717) is 29.4 Å². The number of ether oxygens (including phenoxy) is 2. The number of nitrogens with zero attached hydrogens (tertiary/aromatic N) is 2. The van der Waals surface area contributed by atoms with Gasteiger partial charge in [-0.05, 0) is 24.6 Å². The van der Waals surface area contributed by atoms with E-state index in [1.54, 1.807) is 28.9 Å². The molecule has 0 bridgehead atoms. The molecule has 1 N–H and O–H groups in total. The van der Waals surface area contributed by atoms with E-state index in [0.717, 1.165) is 5.56 Å². The Morgan fingerprint density at radius 1 is 1.04 bits per heavy atom. The van der Waals surface area contributed by atoms with Crippen molar-refractivity contribution in [3.63, 3.8) is 0 Å². The maximum absolute atomic E-state index is 12.7. The molecule has 0 unspecified atom stereocenters. The van der Waals surface area contributed by atoms with Crippen molar-refractivity contribution in [2.45, 2.75) is 13.5 Å². The monoisotopic (exact) mass is 351 g/mol. The lowest BCUT2D eigenvalue weighted by Gasteiger charge is -2.12. The number of hydrogen-bond acceptors (Lipinski definition) is 4. The third-order valence-corrected chi connectivity index (χ3v) is 4.00. The predicted molar refractivity (Wildman–Crippen MR) is 100 cm³/mol. The Morgan fingerprint density at radius 3 is 2.31 bits per heavy atom. The summed E-state index contributed by atoms with van der Waals surface area (Å²) < 4.78 is 12.3. The minimum absolute atomic E-state index is 0.333. The number of carbonyl (C=O) groups excluding carboxylic acids is 1. The predicted octanol–water partition coefficient (Wildman–Crippen LogP) is 3.51. The van der Waals surface area contributed by atoms with E-state index in [1.807, 2.05) is 6.20 Å². The summed E-state index contributed by atoms with van der Waals surface area (Å²) in [6.07, 6.45) is 1.83. The molecule has 0 aliphatic heterocycles. The lowest BCUT2D eigenvalue weighted by Crippen LogP contribution is -2.15. The molecule has 134 valence electrons. The Bertz CT molecular complexity index is 879. The van der Waals surface area contributed by atoms with Crippen molar-refractivity contribution in [2.75, 3.05) is 19.5 Å². The number of anilines is 1. The summed E-state index contributed by atoms with van der Waals surface area (Å²) in [6, 6.07) is 15.2. The van der Waals surface area contributed by atoms with Gasteiger partial charge in [0.2, 0.25) is 0 Å². The molecule has 0 spiro atoms. The van der Waals surface area contributed by atoms with Crippen molar-refractivity contribution in [1.82, 2.24) is 9.78 Å². The van der Waals surface area contributed by atoms with Crippen LogP contribution in [0.1, 0.15) is 21.5 Å². The van der Waals surface area contributed by atoms with Crippen LogP contribution in [0.2, 0.25) is 0 Å². The zero-order valence-corrected chi connectivity index (χ0v) is 15.0.